The maximum absolute atomic E-state index is 12.4. The van der Waals surface area contributed by atoms with Gasteiger partial charge in [0.25, 0.3) is 10.0 Å². The molecule has 0 saturated heterocycles. The van der Waals surface area contributed by atoms with Gasteiger partial charge in [0.2, 0.25) is 0 Å². The van der Waals surface area contributed by atoms with E-state index in [0.717, 1.165) is 11.3 Å². The Morgan fingerprint density at radius 1 is 1.50 bits per heavy atom. The largest absolute Gasteiger partial charge is 0.389 e. The fourth-order valence-electron chi connectivity index (χ4n) is 1.52. The lowest BCUT2D eigenvalue weighted by Crippen LogP contribution is -2.33. The Hall–Kier alpha value is -0.500. The molecular weight excluding hydrogens is 288 g/mol. The lowest BCUT2D eigenvalue weighted by atomic mass is 10.2. The van der Waals surface area contributed by atoms with Gasteiger partial charge in [-0.05, 0) is 18.1 Å². The first kappa shape index (κ1) is 15.6. The van der Waals surface area contributed by atoms with Crippen LogP contribution in [0.5, 0.6) is 0 Å². The van der Waals surface area contributed by atoms with Crippen molar-refractivity contribution in [2.24, 2.45) is 11.7 Å². The Bertz CT molecular complexity index is 520. The van der Waals surface area contributed by atoms with Crippen LogP contribution in [0.4, 0.5) is 0 Å². The van der Waals surface area contributed by atoms with Crippen LogP contribution in [-0.2, 0) is 10.0 Å². The lowest BCUT2D eigenvalue weighted by molar-refractivity contribution is 0.382. The Morgan fingerprint density at radius 2 is 2.11 bits per heavy atom. The summed E-state index contributed by atoms with van der Waals surface area (Å²) in [6.45, 7) is 6.79. The number of thiocarbonyl (C=S) groups is 1. The summed E-state index contributed by atoms with van der Waals surface area (Å²) in [4.78, 5) is 0.859. The molecule has 0 unspecified atom stereocenters. The molecule has 1 aromatic rings. The average molecular weight is 306 g/mol. The quantitative estimate of drug-likeness (QED) is 0.817. The molecule has 0 bridgehead atoms. The molecule has 102 valence electrons. The van der Waals surface area contributed by atoms with Gasteiger partial charge in [-0.3, -0.25) is 0 Å². The average Bonchev–Trinajstić information content (AvgIpc) is 2.75. The van der Waals surface area contributed by atoms with E-state index in [-0.39, 0.29) is 10.9 Å². The van der Waals surface area contributed by atoms with Crippen molar-refractivity contribution >= 4 is 38.6 Å². The van der Waals surface area contributed by atoms with Crippen LogP contribution in [0.25, 0.3) is 0 Å². The van der Waals surface area contributed by atoms with Crippen LogP contribution in [-0.4, -0.2) is 30.8 Å². The molecule has 4 nitrogen and oxygen atoms in total. The van der Waals surface area contributed by atoms with Crippen LogP contribution in [0.3, 0.4) is 0 Å². The molecule has 0 aliphatic rings. The summed E-state index contributed by atoms with van der Waals surface area (Å²) in [6.07, 6.45) is 0. The molecule has 1 heterocycles. The van der Waals surface area contributed by atoms with Crippen molar-refractivity contribution in [2.75, 3.05) is 13.1 Å². The smallest absolute Gasteiger partial charge is 0.252 e. The molecule has 0 amide bonds. The predicted molar refractivity (Wildman–Crippen MR) is 79.5 cm³/mol. The van der Waals surface area contributed by atoms with Crippen LogP contribution in [0.1, 0.15) is 25.6 Å². The van der Waals surface area contributed by atoms with Gasteiger partial charge in [0.15, 0.2) is 0 Å². The lowest BCUT2D eigenvalue weighted by Gasteiger charge is -2.21. The third-order valence-electron chi connectivity index (χ3n) is 2.34. The minimum absolute atomic E-state index is 0.230. The van der Waals surface area contributed by atoms with Gasteiger partial charge in [0.1, 0.15) is 9.20 Å². The second kappa shape index (κ2) is 6.10. The van der Waals surface area contributed by atoms with Gasteiger partial charge in [-0.25, -0.2) is 8.42 Å². The van der Waals surface area contributed by atoms with Gasteiger partial charge in [0, 0.05) is 13.1 Å². The van der Waals surface area contributed by atoms with Crippen LogP contribution >= 0.6 is 23.6 Å². The van der Waals surface area contributed by atoms with E-state index in [4.69, 9.17) is 18.0 Å². The van der Waals surface area contributed by atoms with Gasteiger partial charge >= 0.3 is 0 Å². The van der Waals surface area contributed by atoms with Crippen molar-refractivity contribution in [2.45, 2.75) is 25.0 Å². The van der Waals surface area contributed by atoms with Gasteiger partial charge in [0.05, 0.1) is 4.88 Å². The van der Waals surface area contributed by atoms with E-state index in [2.05, 4.69) is 0 Å². The second-order valence-electron chi connectivity index (χ2n) is 4.33. The summed E-state index contributed by atoms with van der Waals surface area (Å²) >= 11 is 5.96. The van der Waals surface area contributed by atoms with E-state index < -0.39 is 10.0 Å². The monoisotopic (exact) mass is 306 g/mol. The maximum Gasteiger partial charge on any atom is 0.252 e. The normalized spacial score (nSPS) is 12.3. The summed E-state index contributed by atoms with van der Waals surface area (Å²) in [5, 5.41) is 0. The van der Waals surface area contributed by atoms with Crippen LogP contribution in [0.15, 0.2) is 16.3 Å². The van der Waals surface area contributed by atoms with Gasteiger partial charge in [-0.15, -0.1) is 11.3 Å². The highest BCUT2D eigenvalue weighted by Gasteiger charge is 2.25. The molecule has 1 rings (SSSR count). The Balaban J connectivity index is 3.06. The first-order chi connectivity index (χ1) is 8.28. The van der Waals surface area contributed by atoms with Crippen molar-refractivity contribution in [1.29, 1.82) is 0 Å². The zero-order valence-corrected chi connectivity index (χ0v) is 13.2. The van der Waals surface area contributed by atoms with E-state index in [9.17, 15) is 8.42 Å². The minimum Gasteiger partial charge on any atom is -0.389 e. The summed E-state index contributed by atoms with van der Waals surface area (Å²) in [5.41, 5.74) is 5.49. The molecule has 0 aliphatic heterocycles. The molecule has 0 radical (unpaired) electrons. The van der Waals surface area contributed by atoms with Crippen LogP contribution in [0, 0.1) is 5.92 Å². The highest BCUT2D eigenvalue weighted by atomic mass is 32.2. The number of thiophene rings is 1. The van der Waals surface area contributed by atoms with E-state index in [1.807, 2.05) is 20.8 Å². The molecule has 2 N–H and O–H groups in total. The van der Waals surface area contributed by atoms with Crippen molar-refractivity contribution in [1.82, 2.24) is 4.31 Å². The Morgan fingerprint density at radius 3 is 2.50 bits per heavy atom. The van der Waals surface area contributed by atoms with Crippen LogP contribution in [0.2, 0.25) is 0 Å². The molecule has 1 aromatic heterocycles. The number of nitrogens with two attached hydrogens (primary N) is 1. The standard InChI is InChI=1S/C11H18N2O2S3/c1-4-13(7-8(2)3)18(14,15)10-6-5-9(17-10)11(12)16/h5-6,8H,4,7H2,1-3H3,(H2,12,16). The number of sulfonamides is 1. The van der Waals surface area contributed by atoms with E-state index in [0.29, 0.717) is 22.2 Å². The van der Waals surface area contributed by atoms with Gasteiger partial charge < -0.3 is 5.73 Å². The van der Waals surface area contributed by atoms with E-state index >= 15 is 0 Å². The second-order valence-corrected chi connectivity index (χ2v) is 8.02. The van der Waals surface area contributed by atoms with Crippen LogP contribution < -0.4 is 5.73 Å². The number of hydrogen-bond acceptors (Lipinski definition) is 4. The molecule has 0 spiro atoms. The number of nitrogens with zero attached hydrogens (tertiary/aromatic N) is 1. The number of hydrogen-bond donors (Lipinski definition) is 1. The fraction of sp³-hybridized carbons (Fsp3) is 0.545. The molecule has 7 heteroatoms. The minimum atomic E-state index is -3.42. The summed E-state index contributed by atoms with van der Waals surface area (Å²) in [7, 11) is -3.42. The Kier molecular flexibility index (Phi) is 5.27. The van der Waals surface area contributed by atoms with Crippen molar-refractivity contribution in [3.05, 3.63) is 17.0 Å². The Labute approximate surface area is 118 Å². The molecule has 0 fully saturated rings. The first-order valence-corrected chi connectivity index (χ1v) is 8.35. The third kappa shape index (κ3) is 3.50. The highest BCUT2D eigenvalue weighted by molar-refractivity contribution is 7.91. The molecule has 0 aromatic carbocycles. The fourth-order valence-corrected chi connectivity index (χ4v) is 4.64. The zero-order valence-electron chi connectivity index (χ0n) is 10.7. The van der Waals surface area contributed by atoms with Gasteiger partial charge in [-0.2, -0.15) is 4.31 Å². The van der Waals surface area contributed by atoms with Crippen molar-refractivity contribution < 1.29 is 8.42 Å². The molecule has 18 heavy (non-hydrogen) atoms. The summed E-state index contributed by atoms with van der Waals surface area (Å²) in [5.74, 6) is 0.287. The highest BCUT2D eigenvalue weighted by Crippen LogP contribution is 2.25. The molecule has 0 saturated carbocycles. The first-order valence-electron chi connectivity index (χ1n) is 5.68. The van der Waals surface area contributed by atoms with E-state index in [1.165, 1.54) is 4.31 Å². The molecule has 0 atom stereocenters. The molecular formula is C11H18N2O2S3. The van der Waals surface area contributed by atoms with E-state index in [1.54, 1.807) is 12.1 Å². The number of rotatable bonds is 6. The van der Waals surface area contributed by atoms with Crippen molar-refractivity contribution in [3.8, 4) is 0 Å². The SMILES string of the molecule is CCN(CC(C)C)S(=O)(=O)c1ccc(C(N)=S)s1. The predicted octanol–water partition coefficient (Wildman–Crippen LogP) is 2.05. The third-order valence-corrected chi connectivity index (χ3v) is 6.22. The van der Waals surface area contributed by atoms with Crippen molar-refractivity contribution in [3.63, 3.8) is 0 Å². The maximum atomic E-state index is 12.4. The summed E-state index contributed by atoms with van der Waals surface area (Å²) < 4.78 is 26.6. The zero-order chi connectivity index (χ0) is 13.9. The molecule has 0 aliphatic carbocycles. The summed E-state index contributed by atoms with van der Waals surface area (Å²) in [6, 6.07) is 3.22. The van der Waals surface area contributed by atoms with Gasteiger partial charge in [-0.1, -0.05) is 33.0 Å². The topological polar surface area (TPSA) is 63.4 Å².